The van der Waals surface area contributed by atoms with Gasteiger partial charge >= 0.3 is 0 Å². The van der Waals surface area contributed by atoms with E-state index in [0.717, 1.165) is 27.8 Å². The molecule has 0 saturated carbocycles. The van der Waals surface area contributed by atoms with Crippen LogP contribution in [0.4, 0.5) is 5.82 Å². The van der Waals surface area contributed by atoms with Crippen LogP contribution >= 0.6 is 11.3 Å². The smallest absolute Gasteiger partial charge is 0.261 e. The number of aryl methyl sites for hydroxylation is 1. The molecule has 0 unspecified atom stereocenters. The third-order valence-corrected chi connectivity index (χ3v) is 5.84. The third-order valence-electron chi connectivity index (χ3n) is 4.65. The predicted octanol–water partition coefficient (Wildman–Crippen LogP) is 2.78. The Morgan fingerprint density at radius 3 is 2.70 bits per heavy atom. The van der Waals surface area contributed by atoms with Crippen LogP contribution in [-0.2, 0) is 6.42 Å². The molecule has 30 heavy (non-hydrogen) atoms. The van der Waals surface area contributed by atoms with E-state index in [1.54, 1.807) is 21.1 Å². The Hall–Kier alpha value is -2.91. The molecule has 0 fully saturated rings. The second-order valence-electron chi connectivity index (χ2n) is 6.88. The fourth-order valence-corrected chi connectivity index (χ4v) is 4.17. The van der Waals surface area contributed by atoms with Gasteiger partial charge in [0.2, 0.25) is 0 Å². The van der Waals surface area contributed by atoms with Crippen molar-refractivity contribution in [3.63, 3.8) is 0 Å². The summed E-state index contributed by atoms with van der Waals surface area (Å²) in [6.45, 7) is 4.37. The quantitative estimate of drug-likeness (QED) is 0.479. The number of nitrogens with zero attached hydrogens (tertiary/aromatic N) is 2. The zero-order valence-corrected chi connectivity index (χ0v) is 18.3. The lowest BCUT2D eigenvalue weighted by Gasteiger charge is -2.11. The Balaban J connectivity index is 1.74. The number of carbonyl (C=O) groups is 1. The highest BCUT2D eigenvalue weighted by molar-refractivity contribution is 7.20. The second-order valence-corrected chi connectivity index (χ2v) is 7.88. The van der Waals surface area contributed by atoms with Crippen molar-refractivity contribution in [2.75, 3.05) is 32.6 Å². The first-order valence-corrected chi connectivity index (χ1v) is 10.4. The van der Waals surface area contributed by atoms with Gasteiger partial charge < -0.3 is 25.2 Å². The Morgan fingerprint density at radius 1 is 1.23 bits per heavy atom. The maximum absolute atomic E-state index is 12.5. The van der Waals surface area contributed by atoms with Crippen LogP contribution in [-0.4, -0.2) is 54.4 Å². The molecule has 2 aromatic heterocycles. The molecule has 1 aromatic carbocycles. The van der Waals surface area contributed by atoms with Crippen molar-refractivity contribution in [3.8, 4) is 11.5 Å². The van der Waals surface area contributed by atoms with Crippen LogP contribution in [0.1, 0.15) is 27.7 Å². The van der Waals surface area contributed by atoms with Crippen LogP contribution < -0.4 is 20.1 Å². The normalized spacial score (nSPS) is 11.9. The molecular weight excluding hydrogens is 404 g/mol. The number of methoxy groups -OCH3 is 2. The topological polar surface area (TPSA) is 106 Å². The van der Waals surface area contributed by atoms with Gasteiger partial charge in [-0.1, -0.05) is 6.07 Å². The monoisotopic (exact) mass is 430 g/mol. The molecule has 0 saturated heterocycles. The molecule has 0 aliphatic heterocycles. The lowest BCUT2D eigenvalue weighted by molar-refractivity contribution is 0.0927. The van der Waals surface area contributed by atoms with E-state index in [1.165, 1.54) is 17.7 Å². The molecule has 0 aliphatic rings. The van der Waals surface area contributed by atoms with Gasteiger partial charge in [-0.15, -0.1) is 11.3 Å². The number of thiophene rings is 1. The van der Waals surface area contributed by atoms with E-state index in [9.17, 15) is 9.90 Å². The first-order valence-electron chi connectivity index (χ1n) is 9.59. The van der Waals surface area contributed by atoms with Gasteiger partial charge in [0.1, 0.15) is 17.0 Å². The number of benzene rings is 1. The van der Waals surface area contributed by atoms with Gasteiger partial charge in [0, 0.05) is 13.1 Å². The molecule has 0 bridgehead atoms. The maximum atomic E-state index is 12.5. The third kappa shape index (κ3) is 4.80. The number of aromatic nitrogens is 2. The van der Waals surface area contributed by atoms with Crippen molar-refractivity contribution < 1.29 is 19.4 Å². The summed E-state index contributed by atoms with van der Waals surface area (Å²) in [5.41, 5.74) is 1.93. The standard InChI is InChI=1S/C21H26N4O4S/c1-12(26)10-23-20(27)18-13(2)17-19(24-11-25-21(17)30-18)22-8-7-14-5-6-15(28-3)16(9-14)29-4/h5-6,9,11-12,26H,7-8,10H2,1-4H3,(H,23,27)(H,22,24,25)/t12-/m0/s1. The first-order chi connectivity index (χ1) is 14.4. The van der Waals surface area contributed by atoms with E-state index in [2.05, 4.69) is 20.6 Å². The molecule has 0 radical (unpaired) electrons. The lowest BCUT2D eigenvalue weighted by Crippen LogP contribution is -2.30. The minimum Gasteiger partial charge on any atom is -0.493 e. The van der Waals surface area contributed by atoms with Crippen molar-refractivity contribution in [1.29, 1.82) is 0 Å². The van der Waals surface area contributed by atoms with Gasteiger partial charge in [0.25, 0.3) is 5.91 Å². The Morgan fingerprint density at radius 2 is 2.00 bits per heavy atom. The molecule has 9 heteroatoms. The van der Waals surface area contributed by atoms with Gasteiger partial charge in [-0.05, 0) is 43.5 Å². The summed E-state index contributed by atoms with van der Waals surface area (Å²) in [5.74, 6) is 1.87. The molecule has 1 atom stereocenters. The molecule has 160 valence electrons. The number of nitrogens with one attached hydrogen (secondary N) is 2. The van der Waals surface area contributed by atoms with Crippen LogP contribution in [0.5, 0.6) is 11.5 Å². The summed E-state index contributed by atoms with van der Waals surface area (Å²) in [7, 11) is 3.23. The average molecular weight is 431 g/mol. The van der Waals surface area contributed by atoms with Gasteiger partial charge in [0.05, 0.1) is 30.6 Å². The maximum Gasteiger partial charge on any atom is 0.261 e. The van der Waals surface area contributed by atoms with E-state index in [1.807, 2.05) is 25.1 Å². The number of amides is 1. The number of hydrogen-bond donors (Lipinski definition) is 3. The SMILES string of the molecule is COc1ccc(CCNc2ncnc3sc(C(=O)NC[C@H](C)O)c(C)c23)cc1OC. The molecular formula is C21H26N4O4S. The van der Waals surface area contributed by atoms with Crippen molar-refractivity contribution in [2.24, 2.45) is 0 Å². The van der Waals surface area contributed by atoms with E-state index >= 15 is 0 Å². The van der Waals surface area contributed by atoms with Crippen LogP contribution in [0.2, 0.25) is 0 Å². The molecule has 0 aliphatic carbocycles. The lowest BCUT2D eigenvalue weighted by atomic mass is 10.1. The average Bonchev–Trinajstić information content (AvgIpc) is 3.09. The Bertz CT molecular complexity index is 1040. The predicted molar refractivity (Wildman–Crippen MR) is 118 cm³/mol. The van der Waals surface area contributed by atoms with Crippen molar-refractivity contribution in [1.82, 2.24) is 15.3 Å². The van der Waals surface area contributed by atoms with E-state index in [4.69, 9.17) is 9.47 Å². The Labute approximate surface area is 179 Å². The zero-order valence-electron chi connectivity index (χ0n) is 17.5. The fraction of sp³-hybridized carbons (Fsp3) is 0.381. The summed E-state index contributed by atoms with van der Waals surface area (Å²) >= 11 is 1.32. The highest BCUT2D eigenvalue weighted by atomic mass is 32.1. The minimum atomic E-state index is -0.600. The summed E-state index contributed by atoms with van der Waals surface area (Å²) in [5, 5.41) is 16.3. The summed E-state index contributed by atoms with van der Waals surface area (Å²) in [6, 6.07) is 5.84. The largest absolute Gasteiger partial charge is 0.493 e. The van der Waals surface area contributed by atoms with Gasteiger partial charge in [0.15, 0.2) is 11.5 Å². The number of fused-ring (bicyclic) bond motifs is 1. The van der Waals surface area contributed by atoms with E-state index in [-0.39, 0.29) is 12.5 Å². The first kappa shape index (κ1) is 21.8. The highest BCUT2D eigenvalue weighted by Crippen LogP contribution is 2.33. The van der Waals surface area contributed by atoms with Crippen molar-refractivity contribution in [2.45, 2.75) is 26.4 Å². The number of ether oxygens (including phenoxy) is 2. The molecule has 3 aromatic rings. The number of hydrogen-bond acceptors (Lipinski definition) is 8. The molecule has 3 rings (SSSR count). The van der Waals surface area contributed by atoms with Gasteiger partial charge in [-0.25, -0.2) is 9.97 Å². The molecule has 8 nitrogen and oxygen atoms in total. The number of rotatable bonds is 9. The number of anilines is 1. The molecule has 2 heterocycles. The summed E-state index contributed by atoms with van der Waals surface area (Å²) < 4.78 is 10.6. The number of aliphatic hydroxyl groups is 1. The van der Waals surface area contributed by atoms with Crippen LogP contribution in [0.15, 0.2) is 24.5 Å². The molecule has 1 amide bonds. The number of carbonyl (C=O) groups excluding carboxylic acids is 1. The summed E-state index contributed by atoms with van der Waals surface area (Å²) in [6.07, 6.45) is 1.66. The van der Waals surface area contributed by atoms with E-state index < -0.39 is 6.10 Å². The zero-order chi connectivity index (χ0) is 21.7. The minimum absolute atomic E-state index is 0.203. The second kappa shape index (κ2) is 9.73. The van der Waals surface area contributed by atoms with E-state index in [0.29, 0.717) is 28.7 Å². The number of aliphatic hydroxyl groups excluding tert-OH is 1. The van der Waals surface area contributed by atoms with Gasteiger partial charge in [-0.3, -0.25) is 4.79 Å². The highest BCUT2D eigenvalue weighted by Gasteiger charge is 2.19. The molecule has 3 N–H and O–H groups in total. The summed E-state index contributed by atoms with van der Waals surface area (Å²) in [4.78, 5) is 22.5. The van der Waals surface area contributed by atoms with Crippen LogP contribution in [0, 0.1) is 6.92 Å². The van der Waals surface area contributed by atoms with Crippen molar-refractivity contribution >= 4 is 33.3 Å². The molecule has 0 spiro atoms. The van der Waals surface area contributed by atoms with Crippen LogP contribution in [0.3, 0.4) is 0 Å². The van der Waals surface area contributed by atoms with Gasteiger partial charge in [-0.2, -0.15) is 0 Å². The van der Waals surface area contributed by atoms with Crippen LogP contribution in [0.25, 0.3) is 10.2 Å². The van der Waals surface area contributed by atoms with Crippen molar-refractivity contribution in [3.05, 3.63) is 40.5 Å². The fourth-order valence-electron chi connectivity index (χ4n) is 3.10. The Kier molecular flexibility index (Phi) is 7.07.